The van der Waals surface area contributed by atoms with Gasteiger partial charge in [0.25, 0.3) is 5.91 Å². The number of benzene rings is 2. The number of halogens is 1. The minimum atomic E-state index is -0.159. The Labute approximate surface area is 179 Å². The number of fused-ring (bicyclic) bond motifs is 1. The van der Waals surface area contributed by atoms with Gasteiger partial charge in [-0.2, -0.15) is 5.10 Å². The molecular formula is C25H23FN4O. The van der Waals surface area contributed by atoms with Gasteiger partial charge in [0.1, 0.15) is 11.5 Å². The summed E-state index contributed by atoms with van der Waals surface area (Å²) in [5, 5.41) is 11.5. The molecule has 0 bridgehead atoms. The van der Waals surface area contributed by atoms with Crippen LogP contribution in [0.4, 0.5) is 4.39 Å². The number of rotatable bonds is 4. The molecule has 0 radical (unpaired) electrons. The Kier molecular flexibility index (Phi) is 5.20. The molecular weight excluding hydrogens is 391 g/mol. The molecule has 2 heterocycles. The first-order valence-electron chi connectivity index (χ1n) is 10.6. The lowest BCUT2D eigenvalue weighted by atomic mass is 9.81. The van der Waals surface area contributed by atoms with E-state index in [9.17, 15) is 9.18 Å². The van der Waals surface area contributed by atoms with Crippen LogP contribution in [-0.4, -0.2) is 27.1 Å². The zero-order valence-corrected chi connectivity index (χ0v) is 17.0. The molecule has 1 unspecified atom stereocenters. The van der Waals surface area contributed by atoms with Crippen LogP contribution in [0, 0.1) is 5.82 Å². The average molecular weight is 414 g/mol. The normalized spacial score (nSPS) is 18.7. The highest BCUT2D eigenvalue weighted by Gasteiger charge is 2.26. The Morgan fingerprint density at radius 3 is 2.74 bits per heavy atom. The third kappa shape index (κ3) is 3.93. The lowest BCUT2D eigenvalue weighted by Crippen LogP contribution is -2.38. The summed E-state index contributed by atoms with van der Waals surface area (Å²) in [5.74, 6) is -0.133. The minimum Gasteiger partial charge on any atom is -0.349 e. The summed E-state index contributed by atoms with van der Waals surface area (Å²) in [4.78, 5) is 17.1. The van der Waals surface area contributed by atoms with Crippen molar-refractivity contribution in [1.82, 2.24) is 20.5 Å². The number of hydrogen-bond donors (Lipinski definition) is 2. The van der Waals surface area contributed by atoms with E-state index in [4.69, 9.17) is 0 Å². The molecule has 0 saturated heterocycles. The van der Waals surface area contributed by atoms with Gasteiger partial charge >= 0.3 is 0 Å². The Morgan fingerprint density at radius 2 is 1.90 bits per heavy atom. The van der Waals surface area contributed by atoms with Gasteiger partial charge in [-0.15, -0.1) is 0 Å². The Morgan fingerprint density at radius 1 is 1.06 bits per heavy atom. The van der Waals surface area contributed by atoms with Gasteiger partial charge in [-0.3, -0.25) is 14.9 Å². The Bertz CT molecular complexity index is 1220. The van der Waals surface area contributed by atoms with Crippen molar-refractivity contribution in [3.63, 3.8) is 0 Å². The van der Waals surface area contributed by atoms with E-state index in [2.05, 4.69) is 20.5 Å². The van der Waals surface area contributed by atoms with E-state index in [1.165, 1.54) is 6.07 Å². The number of carbonyl (C=O) groups is 1. The zero-order chi connectivity index (χ0) is 21.2. The second-order valence-corrected chi connectivity index (χ2v) is 8.12. The first-order valence-corrected chi connectivity index (χ1v) is 10.6. The maximum atomic E-state index is 14.2. The van der Waals surface area contributed by atoms with E-state index in [0.717, 1.165) is 53.4 Å². The number of H-pyrrole nitrogens is 1. The summed E-state index contributed by atoms with van der Waals surface area (Å²) in [7, 11) is 0. The summed E-state index contributed by atoms with van der Waals surface area (Å²) in [6.45, 7) is 0. The number of aromatic nitrogens is 3. The van der Waals surface area contributed by atoms with Crippen LogP contribution in [0.3, 0.4) is 0 Å². The van der Waals surface area contributed by atoms with E-state index in [0.29, 0.717) is 5.56 Å². The van der Waals surface area contributed by atoms with Gasteiger partial charge in [-0.05, 0) is 67.1 Å². The van der Waals surface area contributed by atoms with E-state index in [1.54, 1.807) is 18.5 Å². The number of carbonyl (C=O) groups excluding carboxylic acids is 1. The second-order valence-electron chi connectivity index (χ2n) is 8.12. The predicted octanol–water partition coefficient (Wildman–Crippen LogP) is 5.22. The molecule has 5 rings (SSSR count). The smallest absolute Gasteiger partial charge is 0.251 e. The van der Waals surface area contributed by atoms with Gasteiger partial charge in [-0.25, -0.2) is 4.39 Å². The molecule has 4 aromatic rings. The summed E-state index contributed by atoms with van der Waals surface area (Å²) in [6, 6.07) is 16.4. The molecule has 31 heavy (non-hydrogen) atoms. The van der Waals surface area contributed by atoms with Crippen LogP contribution in [0.1, 0.15) is 47.5 Å². The maximum Gasteiger partial charge on any atom is 0.251 e. The average Bonchev–Trinajstić information content (AvgIpc) is 3.23. The molecule has 0 spiro atoms. The van der Waals surface area contributed by atoms with Crippen molar-refractivity contribution in [2.45, 2.75) is 37.6 Å². The van der Waals surface area contributed by atoms with Crippen LogP contribution in [0.15, 0.2) is 67.0 Å². The van der Waals surface area contributed by atoms with Crippen molar-refractivity contribution in [3.05, 3.63) is 83.9 Å². The van der Waals surface area contributed by atoms with Crippen molar-refractivity contribution >= 4 is 16.8 Å². The largest absolute Gasteiger partial charge is 0.349 e. The molecule has 1 fully saturated rings. The van der Waals surface area contributed by atoms with Gasteiger partial charge in [0.15, 0.2) is 0 Å². The second kappa shape index (κ2) is 8.30. The lowest BCUT2D eigenvalue weighted by molar-refractivity contribution is 0.0925. The van der Waals surface area contributed by atoms with Crippen LogP contribution in [-0.2, 0) is 0 Å². The molecule has 1 aliphatic carbocycles. The molecule has 2 aromatic carbocycles. The summed E-state index contributed by atoms with van der Waals surface area (Å²) in [5.41, 5.74) is 3.96. The molecule has 2 N–H and O–H groups in total. The summed E-state index contributed by atoms with van der Waals surface area (Å²) >= 11 is 0. The topological polar surface area (TPSA) is 70.7 Å². The first kappa shape index (κ1) is 19.4. The van der Waals surface area contributed by atoms with Gasteiger partial charge in [0, 0.05) is 34.9 Å². The third-order valence-corrected chi connectivity index (χ3v) is 6.13. The van der Waals surface area contributed by atoms with E-state index >= 15 is 0 Å². The molecule has 1 amide bonds. The maximum absolute atomic E-state index is 14.2. The number of amides is 1. The minimum absolute atomic E-state index is 0.0329. The van der Waals surface area contributed by atoms with Gasteiger partial charge in [-0.1, -0.05) is 24.6 Å². The molecule has 5 nitrogen and oxygen atoms in total. The highest BCUT2D eigenvalue weighted by Crippen LogP contribution is 2.34. The molecule has 1 aliphatic rings. The molecule has 2 aromatic heterocycles. The van der Waals surface area contributed by atoms with Crippen molar-refractivity contribution in [3.8, 4) is 11.3 Å². The fraction of sp³-hybridized carbons (Fsp3) is 0.240. The van der Waals surface area contributed by atoms with Crippen molar-refractivity contribution in [2.24, 2.45) is 0 Å². The standard InChI is InChI=1S/C25H23FN4O/c26-22-7-2-1-6-20(22)17-4-3-5-19(14-17)28-25(31)18-8-9-23-21(15-18)24(30-29-23)16-10-12-27-13-11-16/h1-2,6-13,15,17,19H,3-5,14H2,(H,28,31)(H,29,30)/t17?,19-/m1/s1. The summed E-state index contributed by atoms with van der Waals surface area (Å²) < 4.78 is 14.2. The number of pyridine rings is 1. The van der Waals surface area contributed by atoms with Crippen LogP contribution < -0.4 is 5.32 Å². The van der Waals surface area contributed by atoms with Gasteiger partial charge in [0.2, 0.25) is 0 Å². The van der Waals surface area contributed by atoms with Crippen LogP contribution in [0.25, 0.3) is 22.2 Å². The fourth-order valence-corrected chi connectivity index (χ4v) is 4.56. The highest BCUT2D eigenvalue weighted by molar-refractivity contribution is 6.01. The fourth-order valence-electron chi connectivity index (χ4n) is 4.56. The molecule has 156 valence electrons. The molecule has 6 heteroatoms. The summed E-state index contributed by atoms with van der Waals surface area (Å²) in [6.07, 6.45) is 7.03. The highest BCUT2D eigenvalue weighted by atomic mass is 19.1. The third-order valence-electron chi connectivity index (χ3n) is 6.13. The van der Waals surface area contributed by atoms with E-state index in [-0.39, 0.29) is 23.7 Å². The number of nitrogens with zero attached hydrogens (tertiary/aromatic N) is 2. The monoisotopic (exact) mass is 414 g/mol. The van der Waals surface area contributed by atoms with Crippen LogP contribution >= 0.6 is 0 Å². The van der Waals surface area contributed by atoms with E-state index < -0.39 is 0 Å². The van der Waals surface area contributed by atoms with Crippen molar-refractivity contribution in [2.75, 3.05) is 0 Å². The number of hydrogen-bond acceptors (Lipinski definition) is 3. The lowest BCUT2D eigenvalue weighted by Gasteiger charge is -2.30. The van der Waals surface area contributed by atoms with Gasteiger partial charge in [0.05, 0.1) is 5.52 Å². The quantitative estimate of drug-likeness (QED) is 0.481. The predicted molar refractivity (Wildman–Crippen MR) is 118 cm³/mol. The van der Waals surface area contributed by atoms with Crippen LogP contribution in [0.2, 0.25) is 0 Å². The van der Waals surface area contributed by atoms with Crippen LogP contribution in [0.5, 0.6) is 0 Å². The molecule has 2 atom stereocenters. The first-order chi connectivity index (χ1) is 15.2. The van der Waals surface area contributed by atoms with Crippen molar-refractivity contribution in [1.29, 1.82) is 0 Å². The number of nitrogens with one attached hydrogen (secondary N) is 2. The SMILES string of the molecule is O=C(N[C@@H]1CCCC(c2ccccc2F)C1)c1ccc2[nH]nc(-c3ccncc3)c2c1. The van der Waals surface area contributed by atoms with E-state index in [1.807, 2.05) is 42.5 Å². The zero-order valence-electron chi connectivity index (χ0n) is 17.0. The van der Waals surface area contributed by atoms with Gasteiger partial charge < -0.3 is 5.32 Å². The Hall–Kier alpha value is -3.54. The molecule has 1 saturated carbocycles. The van der Waals surface area contributed by atoms with Crippen molar-refractivity contribution < 1.29 is 9.18 Å². The molecule has 0 aliphatic heterocycles. The Balaban J connectivity index is 1.35. The number of aromatic amines is 1.